The van der Waals surface area contributed by atoms with Crippen LogP contribution in [0.4, 0.5) is 8.78 Å². The minimum atomic E-state index is -1.16. The standard InChI is InChI=1S/C20H22F2N4O3/c1-24-20(11-28-6-5-16(20)19(27)26(2)12-23)17-8-14(3-4-18(17)22)29-15-7-13(21)9-25-10-15/h3-4,7-10,12,16,23-24H,5-6,11H2,1-2H3/t16-,20-/m0/s1. The number of nitrogens with one attached hydrogen (secondary N) is 2. The average Bonchev–Trinajstić information content (AvgIpc) is 2.74. The molecular weight excluding hydrogens is 382 g/mol. The van der Waals surface area contributed by atoms with Gasteiger partial charge in [0, 0.05) is 25.3 Å². The number of pyridine rings is 1. The molecule has 1 aromatic heterocycles. The molecule has 154 valence electrons. The van der Waals surface area contributed by atoms with Gasteiger partial charge >= 0.3 is 0 Å². The number of hydrogen-bond donors (Lipinski definition) is 2. The zero-order chi connectivity index (χ0) is 21.0. The second-order valence-electron chi connectivity index (χ2n) is 6.78. The van der Waals surface area contributed by atoms with Gasteiger partial charge in [-0.1, -0.05) is 0 Å². The first kappa shape index (κ1) is 20.8. The maximum absolute atomic E-state index is 14.9. The number of aromatic nitrogens is 1. The third-order valence-electron chi connectivity index (χ3n) is 5.09. The van der Waals surface area contributed by atoms with Crippen molar-refractivity contribution in [3.05, 3.63) is 53.9 Å². The molecule has 0 aliphatic carbocycles. The quantitative estimate of drug-likeness (QED) is 0.571. The van der Waals surface area contributed by atoms with E-state index in [1.807, 2.05) is 0 Å². The molecule has 2 N–H and O–H groups in total. The molecule has 3 rings (SSSR count). The van der Waals surface area contributed by atoms with Gasteiger partial charge in [-0.3, -0.25) is 15.2 Å². The van der Waals surface area contributed by atoms with E-state index in [-0.39, 0.29) is 29.6 Å². The van der Waals surface area contributed by atoms with Crippen molar-refractivity contribution >= 4 is 12.2 Å². The monoisotopic (exact) mass is 404 g/mol. The third-order valence-corrected chi connectivity index (χ3v) is 5.09. The molecule has 0 spiro atoms. The maximum atomic E-state index is 14.9. The van der Waals surface area contributed by atoms with E-state index in [1.54, 1.807) is 7.05 Å². The summed E-state index contributed by atoms with van der Waals surface area (Å²) >= 11 is 0. The first-order chi connectivity index (χ1) is 13.9. The van der Waals surface area contributed by atoms with Gasteiger partial charge in [-0.05, 0) is 31.7 Å². The van der Waals surface area contributed by atoms with Crippen LogP contribution in [0.2, 0.25) is 0 Å². The van der Waals surface area contributed by atoms with Crippen LogP contribution in [0.3, 0.4) is 0 Å². The number of rotatable bonds is 6. The number of carbonyl (C=O) groups is 1. The number of likely N-dealkylation sites (N-methyl/N-ethyl adjacent to an activating group) is 1. The summed E-state index contributed by atoms with van der Waals surface area (Å²) in [5.41, 5.74) is -0.964. The van der Waals surface area contributed by atoms with Crippen LogP contribution in [-0.2, 0) is 15.1 Å². The van der Waals surface area contributed by atoms with Gasteiger partial charge in [0.15, 0.2) is 0 Å². The molecule has 2 atom stereocenters. The highest BCUT2D eigenvalue weighted by molar-refractivity contribution is 5.89. The van der Waals surface area contributed by atoms with Crippen LogP contribution in [0.15, 0.2) is 36.7 Å². The summed E-state index contributed by atoms with van der Waals surface area (Å²) in [7, 11) is 3.11. The van der Waals surface area contributed by atoms with Crippen LogP contribution in [0.1, 0.15) is 12.0 Å². The van der Waals surface area contributed by atoms with Gasteiger partial charge < -0.3 is 19.7 Å². The molecule has 0 radical (unpaired) electrons. The van der Waals surface area contributed by atoms with E-state index in [4.69, 9.17) is 14.9 Å². The molecular formula is C20H22F2N4O3. The smallest absolute Gasteiger partial charge is 0.232 e. The largest absolute Gasteiger partial charge is 0.456 e. The zero-order valence-electron chi connectivity index (χ0n) is 16.1. The van der Waals surface area contributed by atoms with Gasteiger partial charge in [0.1, 0.15) is 23.1 Å². The Hall–Kier alpha value is -2.91. The zero-order valence-corrected chi connectivity index (χ0v) is 16.1. The van der Waals surface area contributed by atoms with Crippen LogP contribution < -0.4 is 10.1 Å². The van der Waals surface area contributed by atoms with Crippen LogP contribution in [0.5, 0.6) is 11.5 Å². The van der Waals surface area contributed by atoms with Crippen molar-refractivity contribution in [2.24, 2.45) is 5.92 Å². The Bertz CT molecular complexity index is 911. The number of halogens is 2. The van der Waals surface area contributed by atoms with Gasteiger partial charge in [-0.15, -0.1) is 0 Å². The fourth-order valence-electron chi connectivity index (χ4n) is 3.57. The van der Waals surface area contributed by atoms with Crippen molar-refractivity contribution in [1.82, 2.24) is 15.2 Å². The normalized spacial score (nSPS) is 21.4. The summed E-state index contributed by atoms with van der Waals surface area (Å²) in [5, 5.41) is 10.4. The Morgan fingerprint density at radius 3 is 2.86 bits per heavy atom. The molecule has 1 aromatic carbocycles. The molecule has 7 nitrogen and oxygen atoms in total. The minimum absolute atomic E-state index is 0.0631. The number of hydrogen-bond acceptors (Lipinski definition) is 6. The Morgan fingerprint density at radius 1 is 1.38 bits per heavy atom. The number of nitrogens with zero attached hydrogens (tertiary/aromatic N) is 2. The molecule has 0 saturated carbocycles. The molecule has 0 bridgehead atoms. The average molecular weight is 404 g/mol. The molecule has 2 aromatic rings. The first-order valence-corrected chi connectivity index (χ1v) is 9.03. The SMILES string of the molecule is CN[C@@]1(c2cc(Oc3cncc(F)c3)ccc2F)COCC[C@H]1C(=O)N(C)C=N. The topological polar surface area (TPSA) is 87.5 Å². The van der Waals surface area contributed by atoms with E-state index in [1.165, 1.54) is 42.4 Å². The molecule has 1 saturated heterocycles. The lowest BCUT2D eigenvalue weighted by Crippen LogP contribution is -2.58. The second-order valence-corrected chi connectivity index (χ2v) is 6.78. The van der Waals surface area contributed by atoms with Gasteiger partial charge in [-0.25, -0.2) is 8.78 Å². The molecule has 9 heteroatoms. The van der Waals surface area contributed by atoms with E-state index in [0.717, 1.165) is 12.5 Å². The lowest BCUT2D eigenvalue weighted by Gasteiger charge is -2.44. The summed E-state index contributed by atoms with van der Waals surface area (Å²) in [5.74, 6) is -1.65. The Morgan fingerprint density at radius 2 is 2.17 bits per heavy atom. The number of benzene rings is 1. The molecule has 0 unspecified atom stereocenters. The van der Waals surface area contributed by atoms with Crippen LogP contribution in [0, 0.1) is 23.0 Å². The summed E-state index contributed by atoms with van der Waals surface area (Å²) in [6.45, 7) is 0.409. The fraction of sp³-hybridized carbons (Fsp3) is 0.350. The first-order valence-electron chi connectivity index (χ1n) is 9.03. The van der Waals surface area contributed by atoms with Gasteiger partial charge in [0.2, 0.25) is 5.91 Å². The summed E-state index contributed by atoms with van der Waals surface area (Å²) < 4.78 is 39.5. The van der Waals surface area contributed by atoms with Crippen molar-refractivity contribution in [2.75, 3.05) is 27.3 Å². The molecule has 2 heterocycles. The Labute approximate surface area is 167 Å². The minimum Gasteiger partial charge on any atom is -0.456 e. The van der Waals surface area contributed by atoms with Crippen LogP contribution in [0.25, 0.3) is 0 Å². The predicted octanol–water partition coefficient (Wildman–Crippen LogP) is 2.67. The molecule has 1 amide bonds. The van der Waals surface area contributed by atoms with Gasteiger partial charge in [-0.2, -0.15) is 0 Å². The molecule has 1 fully saturated rings. The second kappa shape index (κ2) is 8.62. The van der Waals surface area contributed by atoms with Gasteiger partial charge in [0.05, 0.1) is 36.8 Å². The van der Waals surface area contributed by atoms with E-state index < -0.39 is 23.1 Å². The molecule has 29 heavy (non-hydrogen) atoms. The highest BCUT2D eigenvalue weighted by Crippen LogP contribution is 2.39. The highest BCUT2D eigenvalue weighted by Gasteiger charge is 2.48. The lowest BCUT2D eigenvalue weighted by atomic mass is 9.74. The van der Waals surface area contributed by atoms with Gasteiger partial charge in [0.25, 0.3) is 0 Å². The third kappa shape index (κ3) is 4.10. The molecule has 1 aliphatic heterocycles. The van der Waals surface area contributed by atoms with Crippen molar-refractivity contribution in [3.63, 3.8) is 0 Å². The van der Waals surface area contributed by atoms with E-state index in [2.05, 4.69) is 10.3 Å². The summed E-state index contributed by atoms with van der Waals surface area (Å²) in [6, 6.07) is 5.28. The van der Waals surface area contributed by atoms with Crippen molar-refractivity contribution in [2.45, 2.75) is 12.0 Å². The highest BCUT2D eigenvalue weighted by atomic mass is 19.1. The van der Waals surface area contributed by atoms with Crippen LogP contribution in [-0.4, -0.2) is 49.4 Å². The number of ether oxygens (including phenoxy) is 2. The number of carbonyl (C=O) groups excluding carboxylic acids is 1. The van der Waals surface area contributed by atoms with Crippen molar-refractivity contribution < 1.29 is 23.0 Å². The predicted molar refractivity (Wildman–Crippen MR) is 102 cm³/mol. The van der Waals surface area contributed by atoms with Crippen molar-refractivity contribution in [3.8, 4) is 11.5 Å². The Kier molecular flexibility index (Phi) is 6.19. The van der Waals surface area contributed by atoms with Crippen LogP contribution >= 0.6 is 0 Å². The lowest BCUT2D eigenvalue weighted by molar-refractivity contribution is -0.140. The number of amides is 1. The van der Waals surface area contributed by atoms with Crippen molar-refractivity contribution in [1.29, 1.82) is 5.41 Å². The van der Waals surface area contributed by atoms with E-state index in [9.17, 15) is 13.6 Å². The van der Waals surface area contributed by atoms with E-state index in [0.29, 0.717) is 13.0 Å². The maximum Gasteiger partial charge on any atom is 0.232 e. The molecule has 1 aliphatic rings. The summed E-state index contributed by atoms with van der Waals surface area (Å²) in [4.78, 5) is 17.8. The summed E-state index contributed by atoms with van der Waals surface area (Å²) in [6.07, 6.45) is 3.67. The van der Waals surface area contributed by atoms with E-state index >= 15 is 0 Å². The Balaban J connectivity index is 2.02. The fourth-order valence-corrected chi connectivity index (χ4v) is 3.57.